The van der Waals surface area contributed by atoms with Crippen LogP contribution in [0.5, 0.6) is 5.75 Å². The minimum absolute atomic E-state index is 0.300. The van der Waals surface area contributed by atoms with E-state index >= 15 is 0 Å². The molecule has 6 heteroatoms. The molecule has 3 aromatic rings. The molecular formula is C16H15N3O2S. The maximum atomic E-state index is 12.0. The zero-order valence-corrected chi connectivity index (χ0v) is 13.1. The summed E-state index contributed by atoms with van der Waals surface area (Å²) in [5, 5.41) is 0.490. The highest BCUT2D eigenvalue weighted by Crippen LogP contribution is 2.20. The van der Waals surface area contributed by atoms with Gasteiger partial charge in [-0.2, -0.15) is 4.98 Å². The number of hydrogen-bond acceptors (Lipinski definition) is 5. The lowest BCUT2D eigenvalue weighted by Gasteiger charge is -2.05. The van der Waals surface area contributed by atoms with Crippen LogP contribution in [0.15, 0.2) is 52.5 Å². The van der Waals surface area contributed by atoms with Crippen LogP contribution >= 0.6 is 11.8 Å². The van der Waals surface area contributed by atoms with Crippen LogP contribution < -0.4 is 10.4 Å². The lowest BCUT2D eigenvalue weighted by atomic mass is 10.2. The van der Waals surface area contributed by atoms with E-state index in [4.69, 9.17) is 4.74 Å². The fourth-order valence-corrected chi connectivity index (χ4v) is 2.83. The Morgan fingerprint density at radius 2 is 1.91 bits per heavy atom. The second kappa shape index (κ2) is 6.19. The second-order valence-electron chi connectivity index (χ2n) is 4.86. The number of pyridine rings is 1. The summed E-state index contributed by atoms with van der Waals surface area (Å²) in [6, 6.07) is 11.6. The molecule has 22 heavy (non-hydrogen) atoms. The van der Waals surface area contributed by atoms with Gasteiger partial charge in [-0.3, -0.25) is 4.40 Å². The fourth-order valence-electron chi connectivity index (χ4n) is 2.04. The molecule has 0 unspecified atom stereocenters. The van der Waals surface area contributed by atoms with E-state index in [1.54, 1.807) is 13.3 Å². The summed E-state index contributed by atoms with van der Waals surface area (Å²) in [5.41, 5.74) is 2.43. The lowest BCUT2D eigenvalue weighted by molar-refractivity contribution is 0.414. The molecule has 0 aliphatic rings. The van der Waals surface area contributed by atoms with E-state index in [1.807, 2.05) is 43.3 Å². The van der Waals surface area contributed by atoms with E-state index in [0.29, 0.717) is 16.6 Å². The van der Waals surface area contributed by atoms with Gasteiger partial charge < -0.3 is 4.74 Å². The third kappa shape index (κ3) is 3.12. The topological polar surface area (TPSA) is 56.5 Å². The smallest absolute Gasteiger partial charge is 0.355 e. The Balaban J connectivity index is 1.81. The van der Waals surface area contributed by atoms with Crippen molar-refractivity contribution in [3.8, 4) is 5.75 Å². The highest BCUT2D eigenvalue weighted by Gasteiger charge is 2.05. The summed E-state index contributed by atoms with van der Waals surface area (Å²) >= 11 is 1.44. The monoisotopic (exact) mass is 313 g/mol. The number of benzene rings is 1. The van der Waals surface area contributed by atoms with Gasteiger partial charge in [0, 0.05) is 11.9 Å². The number of rotatable bonds is 4. The van der Waals surface area contributed by atoms with Crippen molar-refractivity contribution in [1.29, 1.82) is 0 Å². The zero-order valence-electron chi connectivity index (χ0n) is 12.3. The predicted octanol–water partition coefficient (Wildman–Crippen LogP) is 2.70. The van der Waals surface area contributed by atoms with Crippen LogP contribution in [0.1, 0.15) is 11.1 Å². The molecule has 2 heterocycles. The molecule has 5 nitrogen and oxygen atoms in total. The first kappa shape index (κ1) is 14.6. The number of fused-ring (bicyclic) bond motifs is 1. The van der Waals surface area contributed by atoms with Crippen molar-refractivity contribution in [3.05, 3.63) is 64.2 Å². The Labute approximate surface area is 132 Å². The maximum Gasteiger partial charge on any atom is 0.355 e. The molecule has 0 aliphatic heterocycles. The standard InChI is InChI=1S/C16H15N3O2S/c1-11-3-8-14-17-15(18-16(20)19(14)9-11)22-10-12-4-6-13(21-2)7-5-12/h3-9H,10H2,1-2H3. The van der Waals surface area contributed by atoms with Crippen LogP contribution in [0.4, 0.5) is 0 Å². The van der Waals surface area contributed by atoms with Crippen LogP contribution in [0.3, 0.4) is 0 Å². The van der Waals surface area contributed by atoms with Gasteiger partial charge in [0.15, 0.2) is 5.16 Å². The van der Waals surface area contributed by atoms with Gasteiger partial charge in [-0.05, 0) is 36.2 Å². The van der Waals surface area contributed by atoms with E-state index in [9.17, 15) is 4.79 Å². The molecule has 0 saturated heterocycles. The van der Waals surface area contributed by atoms with E-state index in [2.05, 4.69) is 9.97 Å². The first-order valence-corrected chi connectivity index (χ1v) is 7.77. The normalized spacial score (nSPS) is 10.8. The highest BCUT2D eigenvalue weighted by atomic mass is 32.2. The molecule has 3 rings (SSSR count). The van der Waals surface area contributed by atoms with Gasteiger partial charge in [0.05, 0.1) is 7.11 Å². The van der Waals surface area contributed by atoms with Gasteiger partial charge >= 0.3 is 5.69 Å². The molecule has 112 valence electrons. The summed E-state index contributed by atoms with van der Waals surface area (Å²) in [6.45, 7) is 1.93. The van der Waals surface area contributed by atoms with Crippen molar-refractivity contribution >= 4 is 17.4 Å². The van der Waals surface area contributed by atoms with Crippen molar-refractivity contribution in [2.45, 2.75) is 17.8 Å². The predicted molar refractivity (Wildman–Crippen MR) is 86.5 cm³/mol. The first-order chi connectivity index (χ1) is 10.7. The average molecular weight is 313 g/mol. The largest absolute Gasteiger partial charge is 0.497 e. The Kier molecular flexibility index (Phi) is 4.11. The number of aryl methyl sites for hydroxylation is 1. The van der Waals surface area contributed by atoms with Gasteiger partial charge in [0.1, 0.15) is 11.4 Å². The number of aromatic nitrogens is 3. The Hall–Kier alpha value is -2.34. The molecule has 0 saturated carbocycles. The molecule has 0 spiro atoms. The van der Waals surface area contributed by atoms with Gasteiger partial charge in [-0.1, -0.05) is 30.0 Å². The summed E-state index contributed by atoms with van der Waals surface area (Å²) in [6.07, 6.45) is 1.75. The van der Waals surface area contributed by atoms with Crippen LogP contribution in [0.25, 0.3) is 5.65 Å². The summed E-state index contributed by atoms with van der Waals surface area (Å²) in [7, 11) is 1.64. The van der Waals surface area contributed by atoms with Crippen LogP contribution in [-0.2, 0) is 5.75 Å². The van der Waals surface area contributed by atoms with Gasteiger partial charge in [-0.15, -0.1) is 0 Å². The van der Waals surface area contributed by atoms with Crippen molar-refractivity contribution < 1.29 is 4.74 Å². The highest BCUT2D eigenvalue weighted by molar-refractivity contribution is 7.98. The first-order valence-electron chi connectivity index (χ1n) is 6.78. The molecule has 1 aromatic carbocycles. The second-order valence-corrected chi connectivity index (χ2v) is 5.80. The van der Waals surface area contributed by atoms with Crippen molar-refractivity contribution in [2.75, 3.05) is 7.11 Å². The van der Waals surface area contributed by atoms with Gasteiger partial charge in [0.25, 0.3) is 0 Å². The molecule has 0 N–H and O–H groups in total. The molecule has 0 amide bonds. The number of hydrogen-bond donors (Lipinski definition) is 0. The Morgan fingerprint density at radius 1 is 1.14 bits per heavy atom. The molecule has 0 fully saturated rings. The summed E-state index contributed by atoms with van der Waals surface area (Å²) < 4.78 is 6.59. The van der Waals surface area contributed by atoms with E-state index in [1.165, 1.54) is 16.2 Å². The quantitative estimate of drug-likeness (QED) is 0.693. The molecule has 0 bridgehead atoms. The minimum Gasteiger partial charge on any atom is -0.497 e. The Bertz CT molecular complexity index is 859. The number of thioether (sulfide) groups is 1. The van der Waals surface area contributed by atoms with Crippen molar-refractivity contribution in [3.63, 3.8) is 0 Å². The fraction of sp³-hybridized carbons (Fsp3) is 0.188. The van der Waals surface area contributed by atoms with Crippen LogP contribution in [-0.4, -0.2) is 21.5 Å². The van der Waals surface area contributed by atoms with E-state index < -0.39 is 0 Å². The van der Waals surface area contributed by atoms with Gasteiger partial charge in [0.2, 0.25) is 0 Å². The third-order valence-electron chi connectivity index (χ3n) is 3.21. The zero-order chi connectivity index (χ0) is 15.5. The maximum absolute atomic E-state index is 12.0. The van der Waals surface area contributed by atoms with Crippen molar-refractivity contribution in [1.82, 2.24) is 14.4 Å². The van der Waals surface area contributed by atoms with E-state index in [-0.39, 0.29) is 5.69 Å². The lowest BCUT2D eigenvalue weighted by Crippen LogP contribution is -2.19. The third-order valence-corrected chi connectivity index (χ3v) is 4.13. The average Bonchev–Trinajstić information content (AvgIpc) is 2.54. The van der Waals surface area contributed by atoms with Crippen LogP contribution in [0.2, 0.25) is 0 Å². The molecular weight excluding hydrogens is 298 g/mol. The Morgan fingerprint density at radius 3 is 2.64 bits per heavy atom. The minimum atomic E-state index is -0.300. The molecule has 0 atom stereocenters. The molecule has 0 radical (unpaired) electrons. The number of nitrogens with zero attached hydrogens (tertiary/aromatic N) is 3. The van der Waals surface area contributed by atoms with Gasteiger partial charge in [-0.25, -0.2) is 9.78 Å². The summed E-state index contributed by atoms with van der Waals surface area (Å²) in [5.74, 6) is 1.52. The SMILES string of the molecule is COc1ccc(CSc2nc(=O)n3cc(C)ccc3n2)cc1. The molecule has 2 aromatic heterocycles. The van der Waals surface area contributed by atoms with Crippen LogP contribution in [0, 0.1) is 6.92 Å². The molecule has 0 aliphatic carbocycles. The number of ether oxygens (including phenoxy) is 1. The number of methoxy groups -OCH3 is 1. The van der Waals surface area contributed by atoms with Crippen molar-refractivity contribution in [2.24, 2.45) is 0 Å². The van der Waals surface area contributed by atoms with E-state index in [0.717, 1.165) is 16.9 Å². The summed E-state index contributed by atoms with van der Waals surface area (Å²) in [4.78, 5) is 20.5.